The van der Waals surface area contributed by atoms with Gasteiger partial charge in [0.1, 0.15) is 0 Å². The Labute approximate surface area is 151 Å². The molecule has 2 unspecified atom stereocenters. The normalized spacial score (nSPS) is 22.1. The van der Waals surface area contributed by atoms with Gasteiger partial charge >= 0.3 is 5.69 Å². The van der Waals surface area contributed by atoms with Crippen molar-refractivity contribution in [1.82, 2.24) is 14.9 Å². The number of H-pyrrole nitrogens is 2. The number of amides is 1. The highest BCUT2D eigenvalue weighted by Gasteiger charge is 2.38. The smallest absolute Gasteiger partial charge is 0.323 e. The lowest BCUT2D eigenvalue weighted by atomic mass is 9.74. The van der Waals surface area contributed by atoms with Crippen LogP contribution in [0.4, 0.5) is 0 Å². The molecule has 2 heterocycles. The van der Waals surface area contributed by atoms with Gasteiger partial charge in [-0.3, -0.25) is 4.79 Å². The third kappa shape index (κ3) is 2.38. The zero-order chi connectivity index (χ0) is 17.7. The molecule has 26 heavy (non-hydrogen) atoms. The highest BCUT2D eigenvalue weighted by molar-refractivity contribution is 5.97. The lowest BCUT2D eigenvalue weighted by Crippen LogP contribution is -2.49. The molecule has 5 heteroatoms. The molecular weight excluding hydrogens is 326 g/mol. The predicted molar refractivity (Wildman–Crippen MR) is 100 cm³/mol. The number of nitrogens with one attached hydrogen (secondary N) is 2. The molecule has 0 bridgehead atoms. The van der Waals surface area contributed by atoms with E-state index in [1.54, 1.807) is 12.1 Å². The third-order valence-corrected chi connectivity index (χ3v) is 5.97. The Kier molecular flexibility index (Phi) is 3.48. The number of likely N-dealkylation sites (tertiary alicyclic amines) is 1. The van der Waals surface area contributed by atoms with Crippen LogP contribution in [-0.4, -0.2) is 33.4 Å². The van der Waals surface area contributed by atoms with Crippen molar-refractivity contribution in [1.29, 1.82) is 0 Å². The van der Waals surface area contributed by atoms with Crippen molar-refractivity contribution in [3.05, 3.63) is 69.6 Å². The SMILES string of the molecule is O=C(c1ccc2[nH]c(=O)[nH]c2c1)N1CCCC2c3ccccc3CCC21. The molecule has 0 saturated carbocycles. The summed E-state index contributed by atoms with van der Waals surface area (Å²) in [5.74, 6) is 0.511. The van der Waals surface area contributed by atoms with E-state index in [1.807, 2.05) is 6.07 Å². The van der Waals surface area contributed by atoms with E-state index >= 15 is 0 Å². The molecule has 0 radical (unpaired) electrons. The fourth-order valence-corrected chi connectivity index (χ4v) is 4.79. The minimum Gasteiger partial charge on any atom is -0.335 e. The van der Waals surface area contributed by atoms with Gasteiger partial charge in [-0.05, 0) is 55.0 Å². The molecule has 5 rings (SSSR count). The number of carbonyl (C=O) groups excluding carboxylic acids is 1. The largest absolute Gasteiger partial charge is 0.335 e. The molecule has 2 atom stereocenters. The number of aromatic nitrogens is 2. The molecule has 0 spiro atoms. The van der Waals surface area contributed by atoms with E-state index in [0.717, 1.165) is 37.7 Å². The fourth-order valence-electron chi connectivity index (χ4n) is 4.79. The standard InChI is InChI=1S/C21H21N3O2/c25-20(14-7-9-17-18(12-14)23-21(26)22-17)24-11-3-6-16-15-5-2-1-4-13(15)8-10-19(16)24/h1-2,4-5,7,9,12,16,19H,3,6,8,10-11H2,(H2,22,23,26). The highest BCUT2D eigenvalue weighted by atomic mass is 16.2. The topological polar surface area (TPSA) is 69.0 Å². The highest BCUT2D eigenvalue weighted by Crippen LogP contribution is 2.41. The van der Waals surface area contributed by atoms with E-state index in [9.17, 15) is 9.59 Å². The van der Waals surface area contributed by atoms with Gasteiger partial charge in [-0.1, -0.05) is 24.3 Å². The van der Waals surface area contributed by atoms with Crippen LogP contribution in [0.1, 0.15) is 46.7 Å². The number of imidazole rings is 1. The lowest BCUT2D eigenvalue weighted by molar-refractivity contribution is 0.0547. The van der Waals surface area contributed by atoms with Gasteiger partial charge in [0.25, 0.3) is 5.91 Å². The Morgan fingerprint density at radius 3 is 2.81 bits per heavy atom. The monoisotopic (exact) mass is 347 g/mol. The first-order chi connectivity index (χ1) is 12.7. The van der Waals surface area contributed by atoms with Gasteiger partial charge in [0.05, 0.1) is 11.0 Å². The van der Waals surface area contributed by atoms with Crippen molar-refractivity contribution in [3.63, 3.8) is 0 Å². The summed E-state index contributed by atoms with van der Waals surface area (Å²) in [6.45, 7) is 0.809. The summed E-state index contributed by atoms with van der Waals surface area (Å²) in [4.78, 5) is 32.2. The van der Waals surface area contributed by atoms with E-state index < -0.39 is 0 Å². The predicted octanol–water partition coefficient (Wildman–Crippen LogP) is 3.19. The van der Waals surface area contributed by atoms with Crippen LogP contribution in [0.5, 0.6) is 0 Å². The zero-order valence-corrected chi connectivity index (χ0v) is 14.5. The number of fused-ring (bicyclic) bond motifs is 4. The minimum absolute atomic E-state index is 0.0723. The van der Waals surface area contributed by atoms with Crippen molar-refractivity contribution in [2.75, 3.05) is 6.54 Å². The van der Waals surface area contributed by atoms with E-state index in [1.165, 1.54) is 11.1 Å². The maximum atomic E-state index is 13.2. The van der Waals surface area contributed by atoms with Crippen LogP contribution in [0.2, 0.25) is 0 Å². The van der Waals surface area contributed by atoms with Gasteiger partial charge in [-0.25, -0.2) is 4.79 Å². The first-order valence-corrected chi connectivity index (χ1v) is 9.31. The number of rotatable bonds is 1. The average molecular weight is 347 g/mol. The Hall–Kier alpha value is -2.82. The van der Waals surface area contributed by atoms with Crippen LogP contribution < -0.4 is 5.69 Å². The summed E-state index contributed by atoms with van der Waals surface area (Å²) >= 11 is 0. The lowest BCUT2D eigenvalue weighted by Gasteiger charge is -2.45. The number of nitrogens with zero attached hydrogens (tertiary/aromatic N) is 1. The van der Waals surface area contributed by atoms with Crippen molar-refractivity contribution in [3.8, 4) is 0 Å². The van der Waals surface area contributed by atoms with Crippen molar-refractivity contribution >= 4 is 16.9 Å². The van der Waals surface area contributed by atoms with Gasteiger partial charge in [0, 0.05) is 24.1 Å². The maximum absolute atomic E-state index is 13.2. The number of aromatic amines is 2. The van der Waals surface area contributed by atoms with E-state index in [-0.39, 0.29) is 17.6 Å². The molecule has 3 aromatic rings. The van der Waals surface area contributed by atoms with E-state index in [4.69, 9.17) is 0 Å². The second-order valence-electron chi connectivity index (χ2n) is 7.39. The number of benzene rings is 2. The zero-order valence-electron chi connectivity index (χ0n) is 14.5. The summed E-state index contributed by atoms with van der Waals surface area (Å²) in [5, 5.41) is 0. The second kappa shape index (κ2) is 5.87. The quantitative estimate of drug-likeness (QED) is 0.710. The molecule has 1 saturated heterocycles. The van der Waals surface area contributed by atoms with Crippen LogP contribution in [0.3, 0.4) is 0 Å². The summed E-state index contributed by atoms with van der Waals surface area (Å²) in [6.07, 6.45) is 4.24. The van der Waals surface area contributed by atoms with Gasteiger partial charge in [-0.15, -0.1) is 0 Å². The molecule has 2 aromatic carbocycles. The minimum atomic E-state index is -0.244. The van der Waals surface area contributed by atoms with E-state index in [2.05, 4.69) is 39.1 Å². The van der Waals surface area contributed by atoms with E-state index in [0.29, 0.717) is 17.0 Å². The molecule has 1 amide bonds. The molecule has 1 fully saturated rings. The third-order valence-electron chi connectivity index (χ3n) is 5.97. The Morgan fingerprint density at radius 2 is 1.88 bits per heavy atom. The van der Waals surface area contributed by atoms with Crippen LogP contribution in [0.25, 0.3) is 11.0 Å². The fraction of sp³-hybridized carbons (Fsp3) is 0.333. The molecule has 132 valence electrons. The van der Waals surface area contributed by atoms with Crippen LogP contribution in [-0.2, 0) is 6.42 Å². The molecule has 5 nitrogen and oxygen atoms in total. The Balaban J connectivity index is 1.49. The summed E-state index contributed by atoms with van der Waals surface area (Å²) in [7, 11) is 0. The molecule has 2 N–H and O–H groups in total. The molecule has 2 aliphatic rings. The molecular formula is C21H21N3O2. The molecule has 1 aliphatic carbocycles. The average Bonchev–Trinajstić information content (AvgIpc) is 3.06. The number of hydrogen-bond acceptors (Lipinski definition) is 2. The van der Waals surface area contributed by atoms with Gasteiger partial charge in [0.2, 0.25) is 0 Å². The Morgan fingerprint density at radius 1 is 1.04 bits per heavy atom. The molecule has 1 aromatic heterocycles. The summed E-state index contributed by atoms with van der Waals surface area (Å²) < 4.78 is 0. The van der Waals surface area contributed by atoms with Crippen LogP contribution in [0.15, 0.2) is 47.3 Å². The maximum Gasteiger partial charge on any atom is 0.323 e. The Bertz CT molecular complexity index is 1050. The van der Waals surface area contributed by atoms with Gasteiger partial charge < -0.3 is 14.9 Å². The van der Waals surface area contributed by atoms with Crippen LogP contribution >= 0.6 is 0 Å². The van der Waals surface area contributed by atoms with Crippen molar-refractivity contribution in [2.45, 2.75) is 37.6 Å². The summed E-state index contributed by atoms with van der Waals surface area (Å²) in [5.41, 5.74) is 4.68. The number of aryl methyl sites for hydroxylation is 1. The number of hydrogen-bond donors (Lipinski definition) is 2. The first kappa shape index (κ1) is 15.4. The first-order valence-electron chi connectivity index (χ1n) is 9.31. The van der Waals surface area contributed by atoms with Crippen molar-refractivity contribution < 1.29 is 4.79 Å². The second-order valence-corrected chi connectivity index (χ2v) is 7.39. The van der Waals surface area contributed by atoms with Crippen molar-refractivity contribution in [2.24, 2.45) is 0 Å². The van der Waals surface area contributed by atoms with Gasteiger partial charge in [-0.2, -0.15) is 0 Å². The number of carbonyl (C=O) groups is 1. The summed E-state index contributed by atoms with van der Waals surface area (Å²) in [6, 6.07) is 14.4. The van der Waals surface area contributed by atoms with Crippen LogP contribution in [0, 0.1) is 0 Å². The van der Waals surface area contributed by atoms with Gasteiger partial charge in [0.15, 0.2) is 0 Å². The number of piperidine rings is 1. The molecule has 1 aliphatic heterocycles.